The molecule has 1 N–H and O–H groups in total. The third-order valence-electron chi connectivity index (χ3n) is 6.53. The number of hydrogen-bond donors (Lipinski definition) is 1. The Kier molecular flexibility index (Phi) is 7.14. The number of aliphatic hydroxyl groups is 1. The van der Waals surface area contributed by atoms with E-state index in [-0.39, 0.29) is 18.4 Å². The van der Waals surface area contributed by atoms with Crippen molar-refractivity contribution >= 4 is 11.7 Å². The van der Waals surface area contributed by atoms with Crippen molar-refractivity contribution in [2.75, 3.05) is 33.5 Å². The van der Waals surface area contributed by atoms with E-state index in [1.807, 2.05) is 36.2 Å². The summed E-state index contributed by atoms with van der Waals surface area (Å²) in [7, 11) is 1.72. The fourth-order valence-electron chi connectivity index (χ4n) is 4.78. The summed E-state index contributed by atoms with van der Waals surface area (Å²) in [5, 5.41) is 14.4. The molecule has 34 heavy (non-hydrogen) atoms. The summed E-state index contributed by atoms with van der Waals surface area (Å²) in [4.78, 5) is 27.3. The van der Waals surface area contributed by atoms with Gasteiger partial charge in [0.05, 0.1) is 19.3 Å². The first-order chi connectivity index (χ1) is 16.5. The molecule has 4 rings (SSSR count). The van der Waals surface area contributed by atoms with Crippen LogP contribution in [0.3, 0.4) is 0 Å². The molecule has 1 fully saturated rings. The predicted molar refractivity (Wildman–Crippen MR) is 130 cm³/mol. The topological polar surface area (TPSA) is 73.3 Å². The molecule has 1 aliphatic carbocycles. The number of carbonyl (C=O) groups excluding carboxylic acids is 2. The van der Waals surface area contributed by atoms with E-state index in [1.54, 1.807) is 17.0 Å². The lowest BCUT2D eigenvalue weighted by Crippen LogP contribution is -2.58. The Labute approximate surface area is 200 Å². The molecule has 2 aliphatic rings. The molecule has 0 aromatic heterocycles. The van der Waals surface area contributed by atoms with Crippen LogP contribution in [-0.4, -0.2) is 65.2 Å². The molecular formula is C27H31N3O4. The van der Waals surface area contributed by atoms with Crippen molar-refractivity contribution in [3.63, 3.8) is 0 Å². The van der Waals surface area contributed by atoms with Crippen LogP contribution in [0.25, 0.3) is 0 Å². The van der Waals surface area contributed by atoms with Gasteiger partial charge in [-0.1, -0.05) is 55.1 Å². The van der Waals surface area contributed by atoms with E-state index in [2.05, 4.69) is 30.8 Å². The van der Waals surface area contributed by atoms with Gasteiger partial charge in [-0.25, -0.2) is 0 Å². The molecule has 0 saturated carbocycles. The van der Waals surface area contributed by atoms with E-state index in [0.717, 1.165) is 30.0 Å². The third kappa shape index (κ3) is 4.36. The standard InChI is InChI=1S/C27H31N3O4/c1-4-23(31)26(32)25-27(33)29(16-17-34-5-2)18-30(28(25)3)24-21-12-8-6-10-19(21)14-15-20-11-7-9-13-22(20)24/h4,6-13,24,32H,1,5,14-18H2,2-3H3/b26-25+. The van der Waals surface area contributed by atoms with Crippen molar-refractivity contribution < 1.29 is 19.4 Å². The van der Waals surface area contributed by atoms with Gasteiger partial charge in [-0.3, -0.25) is 14.6 Å². The van der Waals surface area contributed by atoms with E-state index in [9.17, 15) is 14.7 Å². The molecular weight excluding hydrogens is 430 g/mol. The highest BCUT2D eigenvalue weighted by molar-refractivity contribution is 6.08. The molecule has 2 aromatic carbocycles. The maximum absolute atomic E-state index is 13.4. The van der Waals surface area contributed by atoms with Crippen LogP contribution >= 0.6 is 0 Å². The highest BCUT2D eigenvalue weighted by Crippen LogP contribution is 2.39. The van der Waals surface area contributed by atoms with Crippen molar-refractivity contribution in [2.45, 2.75) is 25.8 Å². The number of benzene rings is 2. The van der Waals surface area contributed by atoms with Gasteiger partial charge in [-0.15, -0.1) is 0 Å². The minimum Gasteiger partial charge on any atom is -0.503 e. The second kappa shape index (κ2) is 10.2. The van der Waals surface area contributed by atoms with E-state index in [4.69, 9.17) is 4.74 Å². The van der Waals surface area contributed by atoms with Gasteiger partial charge in [0, 0.05) is 20.2 Å². The van der Waals surface area contributed by atoms with Crippen LogP contribution < -0.4 is 0 Å². The lowest BCUT2D eigenvalue weighted by atomic mass is 9.94. The summed E-state index contributed by atoms with van der Waals surface area (Å²) >= 11 is 0. The van der Waals surface area contributed by atoms with Crippen LogP contribution in [-0.2, 0) is 27.2 Å². The quantitative estimate of drug-likeness (QED) is 0.387. The molecule has 0 atom stereocenters. The molecule has 7 nitrogen and oxygen atoms in total. The number of likely N-dealkylation sites (N-methyl/N-ethyl adjacent to an activating group) is 1. The van der Waals surface area contributed by atoms with E-state index < -0.39 is 17.4 Å². The fourth-order valence-corrected chi connectivity index (χ4v) is 4.78. The molecule has 178 valence electrons. The molecule has 7 heteroatoms. The van der Waals surface area contributed by atoms with Crippen molar-refractivity contribution in [1.82, 2.24) is 14.9 Å². The Balaban J connectivity index is 1.86. The second-order valence-corrected chi connectivity index (χ2v) is 8.44. The highest BCUT2D eigenvalue weighted by Gasteiger charge is 2.41. The Bertz CT molecular complexity index is 1080. The zero-order valence-electron chi connectivity index (χ0n) is 19.7. The minimum atomic E-state index is -0.691. The number of hydrazine groups is 1. The number of carbonyl (C=O) groups is 2. The molecule has 0 spiro atoms. The van der Waals surface area contributed by atoms with Crippen molar-refractivity contribution in [3.05, 3.63) is 94.9 Å². The van der Waals surface area contributed by atoms with Crippen LogP contribution in [0.5, 0.6) is 0 Å². The summed E-state index contributed by atoms with van der Waals surface area (Å²) in [6.07, 6.45) is 2.84. The van der Waals surface area contributed by atoms with E-state index in [1.165, 1.54) is 11.1 Å². The third-order valence-corrected chi connectivity index (χ3v) is 6.53. The zero-order chi connectivity index (χ0) is 24.2. The normalized spacial score (nSPS) is 18.2. The largest absolute Gasteiger partial charge is 0.503 e. The molecule has 1 aliphatic heterocycles. The van der Waals surface area contributed by atoms with Gasteiger partial charge >= 0.3 is 0 Å². The van der Waals surface area contributed by atoms with Gasteiger partial charge in [0.15, 0.2) is 11.5 Å². The number of ether oxygens (including phenoxy) is 1. The number of hydrogen-bond acceptors (Lipinski definition) is 6. The number of fused-ring (bicyclic) bond motifs is 2. The van der Waals surface area contributed by atoms with Crippen molar-refractivity contribution in [3.8, 4) is 0 Å². The lowest BCUT2D eigenvalue weighted by Gasteiger charge is -2.47. The number of ketones is 1. The van der Waals surface area contributed by atoms with Crippen LogP contribution in [0.2, 0.25) is 0 Å². The van der Waals surface area contributed by atoms with Crippen LogP contribution in [0.4, 0.5) is 0 Å². The molecule has 0 unspecified atom stereocenters. The first-order valence-electron chi connectivity index (χ1n) is 11.6. The number of rotatable bonds is 7. The second-order valence-electron chi connectivity index (χ2n) is 8.44. The Morgan fingerprint density at radius 1 is 1.12 bits per heavy atom. The van der Waals surface area contributed by atoms with Gasteiger partial charge in [-0.05, 0) is 48.1 Å². The first-order valence-corrected chi connectivity index (χ1v) is 11.6. The predicted octanol–water partition coefficient (Wildman–Crippen LogP) is 3.38. The molecule has 1 amide bonds. The highest BCUT2D eigenvalue weighted by atomic mass is 16.5. The molecule has 0 bridgehead atoms. The van der Waals surface area contributed by atoms with E-state index in [0.29, 0.717) is 19.8 Å². The number of amides is 1. The maximum Gasteiger partial charge on any atom is 0.276 e. The van der Waals surface area contributed by atoms with Crippen molar-refractivity contribution in [1.29, 1.82) is 0 Å². The van der Waals surface area contributed by atoms with Crippen LogP contribution in [0.1, 0.15) is 35.2 Å². The fraction of sp³-hybridized carbons (Fsp3) is 0.333. The lowest BCUT2D eigenvalue weighted by molar-refractivity contribution is -0.153. The summed E-state index contributed by atoms with van der Waals surface area (Å²) in [6.45, 7) is 6.89. The summed E-state index contributed by atoms with van der Waals surface area (Å²) in [5.74, 6) is -1.71. The number of aryl methyl sites for hydroxylation is 2. The number of nitrogens with zero attached hydrogens (tertiary/aromatic N) is 3. The minimum absolute atomic E-state index is 0.0631. The molecule has 1 saturated heterocycles. The number of allylic oxidation sites excluding steroid dienone is 1. The zero-order valence-corrected chi connectivity index (χ0v) is 19.7. The summed E-state index contributed by atoms with van der Waals surface area (Å²) < 4.78 is 5.50. The van der Waals surface area contributed by atoms with Crippen LogP contribution in [0, 0.1) is 0 Å². The Morgan fingerprint density at radius 3 is 2.26 bits per heavy atom. The van der Waals surface area contributed by atoms with Gasteiger partial charge < -0.3 is 14.7 Å². The SMILES string of the molecule is C=CC(=O)/C(O)=C1/C(=O)N(CCOCC)CN(C2c3ccccc3CCc3ccccc32)N1C. The Morgan fingerprint density at radius 2 is 1.71 bits per heavy atom. The summed E-state index contributed by atoms with van der Waals surface area (Å²) in [6, 6.07) is 16.5. The van der Waals surface area contributed by atoms with Crippen molar-refractivity contribution in [2.24, 2.45) is 0 Å². The molecule has 0 radical (unpaired) electrons. The Hall–Kier alpha value is -3.42. The average molecular weight is 462 g/mol. The summed E-state index contributed by atoms with van der Waals surface area (Å²) in [5.41, 5.74) is 4.71. The van der Waals surface area contributed by atoms with Gasteiger partial charge in [-0.2, -0.15) is 5.01 Å². The van der Waals surface area contributed by atoms with E-state index >= 15 is 0 Å². The first kappa shape index (κ1) is 23.7. The average Bonchev–Trinajstić information content (AvgIpc) is 3.02. The van der Waals surface area contributed by atoms with Gasteiger partial charge in [0.2, 0.25) is 5.78 Å². The maximum atomic E-state index is 13.4. The van der Waals surface area contributed by atoms with Gasteiger partial charge in [0.1, 0.15) is 0 Å². The van der Waals surface area contributed by atoms with Gasteiger partial charge in [0.25, 0.3) is 5.91 Å². The number of aliphatic hydroxyl groups excluding tert-OH is 1. The molecule has 2 aromatic rings. The molecule has 1 heterocycles. The smallest absolute Gasteiger partial charge is 0.276 e. The monoisotopic (exact) mass is 461 g/mol. The van der Waals surface area contributed by atoms with Crippen LogP contribution in [0.15, 0.2) is 72.6 Å².